The number of nitrogens with zero attached hydrogens (tertiary/aromatic N) is 2. The number of rotatable bonds is 3. The maximum Gasteiger partial charge on any atom is 0.410 e. The Bertz CT molecular complexity index is 586. The topological polar surface area (TPSA) is 85.1 Å². The number of amides is 2. The molecule has 2 rings (SSSR count). The maximum atomic E-state index is 12.4. The molecule has 0 spiro atoms. The third-order valence-electron chi connectivity index (χ3n) is 3.85. The monoisotopic (exact) mass is 349 g/mol. The molecule has 1 aromatic carbocycles. The van der Waals surface area contributed by atoms with Crippen LogP contribution in [0.4, 0.5) is 9.59 Å². The van der Waals surface area contributed by atoms with Crippen molar-refractivity contribution in [2.24, 2.45) is 5.73 Å². The molecule has 1 aliphatic heterocycles. The quantitative estimate of drug-likeness (QED) is 0.904. The van der Waals surface area contributed by atoms with E-state index in [1.54, 1.807) is 9.80 Å². The van der Waals surface area contributed by atoms with Gasteiger partial charge in [0, 0.05) is 26.2 Å². The van der Waals surface area contributed by atoms with Crippen molar-refractivity contribution in [1.29, 1.82) is 0 Å². The van der Waals surface area contributed by atoms with Gasteiger partial charge >= 0.3 is 12.2 Å². The van der Waals surface area contributed by atoms with Crippen molar-refractivity contribution in [3.63, 3.8) is 0 Å². The number of benzene rings is 1. The minimum atomic E-state index is -0.555. The summed E-state index contributed by atoms with van der Waals surface area (Å²) in [5.74, 6) is 0. The van der Waals surface area contributed by atoms with Gasteiger partial charge in [0.15, 0.2) is 0 Å². The molecule has 1 aliphatic rings. The molecule has 2 amide bonds. The van der Waals surface area contributed by atoms with E-state index in [1.165, 1.54) is 0 Å². The molecular formula is C18H27N3O4. The van der Waals surface area contributed by atoms with E-state index in [0.29, 0.717) is 19.6 Å². The van der Waals surface area contributed by atoms with Crippen LogP contribution < -0.4 is 5.73 Å². The standard InChI is InChI=1S/C18H27N3O4/c1-18(2,3)25-16(22)20-9-10-21(15(11-19)12-20)17(23)24-13-14-7-5-4-6-8-14/h4-8,15H,9-13,19H2,1-3H3/t15-/m0/s1. The molecule has 7 heteroatoms. The second-order valence-corrected chi connectivity index (χ2v) is 7.05. The van der Waals surface area contributed by atoms with E-state index < -0.39 is 11.7 Å². The van der Waals surface area contributed by atoms with E-state index in [-0.39, 0.29) is 25.3 Å². The smallest absolute Gasteiger partial charge is 0.410 e. The Morgan fingerprint density at radius 3 is 2.44 bits per heavy atom. The molecule has 25 heavy (non-hydrogen) atoms. The summed E-state index contributed by atoms with van der Waals surface area (Å²) < 4.78 is 10.8. The fraction of sp³-hybridized carbons (Fsp3) is 0.556. The molecule has 2 N–H and O–H groups in total. The van der Waals surface area contributed by atoms with Gasteiger partial charge in [0.25, 0.3) is 0 Å². The lowest BCUT2D eigenvalue weighted by Crippen LogP contribution is -2.59. The van der Waals surface area contributed by atoms with E-state index in [9.17, 15) is 9.59 Å². The van der Waals surface area contributed by atoms with Crippen LogP contribution in [0.5, 0.6) is 0 Å². The Balaban J connectivity index is 1.90. The number of nitrogens with two attached hydrogens (primary N) is 1. The van der Waals surface area contributed by atoms with Crippen LogP contribution in [0.15, 0.2) is 30.3 Å². The Morgan fingerprint density at radius 1 is 1.16 bits per heavy atom. The number of hydrogen-bond donors (Lipinski definition) is 1. The van der Waals surface area contributed by atoms with Crippen LogP contribution in [0.3, 0.4) is 0 Å². The summed E-state index contributed by atoms with van der Waals surface area (Å²) in [7, 11) is 0. The summed E-state index contributed by atoms with van der Waals surface area (Å²) in [6.07, 6.45) is -0.800. The summed E-state index contributed by atoms with van der Waals surface area (Å²) in [5.41, 5.74) is 6.17. The van der Waals surface area contributed by atoms with Crippen LogP contribution in [-0.4, -0.2) is 59.8 Å². The van der Waals surface area contributed by atoms with Crippen molar-refractivity contribution in [1.82, 2.24) is 9.80 Å². The summed E-state index contributed by atoms with van der Waals surface area (Å²) in [4.78, 5) is 27.7. The zero-order valence-corrected chi connectivity index (χ0v) is 15.1. The van der Waals surface area contributed by atoms with Crippen LogP contribution in [0.2, 0.25) is 0 Å². The number of piperazine rings is 1. The molecule has 1 saturated heterocycles. The number of carbonyl (C=O) groups is 2. The second kappa shape index (κ2) is 8.20. The Morgan fingerprint density at radius 2 is 1.84 bits per heavy atom. The first-order valence-corrected chi connectivity index (χ1v) is 8.45. The lowest BCUT2D eigenvalue weighted by Gasteiger charge is -2.40. The number of carbonyl (C=O) groups excluding carboxylic acids is 2. The van der Waals surface area contributed by atoms with E-state index in [0.717, 1.165) is 5.56 Å². The summed E-state index contributed by atoms with van der Waals surface area (Å²) in [6.45, 7) is 7.03. The van der Waals surface area contributed by atoms with Crippen molar-refractivity contribution in [2.45, 2.75) is 39.0 Å². The first-order valence-electron chi connectivity index (χ1n) is 8.45. The van der Waals surface area contributed by atoms with Gasteiger partial charge in [-0.1, -0.05) is 30.3 Å². The molecular weight excluding hydrogens is 322 g/mol. The van der Waals surface area contributed by atoms with Crippen LogP contribution in [0.25, 0.3) is 0 Å². The SMILES string of the molecule is CC(C)(C)OC(=O)N1CCN(C(=O)OCc2ccccc2)[C@@H](CN)C1. The van der Waals surface area contributed by atoms with Gasteiger partial charge in [-0.15, -0.1) is 0 Å². The molecule has 0 aromatic heterocycles. The van der Waals surface area contributed by atoms with Gasteiger partial charge in [0.1, 0.15) is 12.2 Å². The molecule has 7 nitrogen and oxygen atoms in total. The van der Waals surface area contributed by atoms with E-state index in [2.05, 4.69) is 0 Å². The summed E-state index contributed by atoms with van der Waals surface area (Å²) in [6, 6.07) is 9.20. The zero-order chi connectivity index (χ0) is 18.4. The number of ether oxygens (including phenoxy) is 2. The summed E-state index contributed by atoms with van der Waals surface area (Å²) >= 11 is 0. The zero-order valence-electron chi connectivity index (χ0n) is 15.1. The Kier molecular flexibility index (Phi) is 6.25. The highest BCUT2D eigenvalue weighted by molar-refractivity contribution is 5.71. The van der Waals surface area contributed by atoms with Gasteiger partial charge < -0.3 is 25.0 Å². The highest BCUT2D eigenvalue weighted by Crippen LogP contribution is 2.16. The molecule has 0 bridgehead atoms. The third kappa shape index (κ3) is 5.63. The first-order chi connectivity index (χ1) is 11.8. The Hall–Kier alpha value is -2.28. The van der Waals surface area contributed by atoms with Crippen molar-refractivity contribution in [3.05, 3.63) is 35.9 Å². The predicted octanol–water partition coefficient (Wildman–Crippen LogP) is 2.20. The average molecular weight is 349 g/mol. The van der Waals surface area contributed by atoms with Crippen molar-refractivity contribution < 1.29 is 19.1 Å². The van der Waals surface area contributed by atoms with Gasteiger partial charge in [-0.25, -0.2) is 9.59 Å². The maximum absolute atomic E-state index is 12.4. The lowest BCUT2D eigenvalue weighted by molar-refractivity contribution is 0.00224. The third-order valence-corrected chi connectivity index (χ3v) is 3.85. The molecule has 0 unspecified atom stereocenters. The Labute approximate surface area is 148 Å². The van der Waals surface area contributed by atoms with Crippen LogP contribution in [0.1, 0.15) is 26.3 Å². The van der Waals surface area contributed by atoms with Gasteiger partial charge in [-0.05, 0) is 26.3 Å². The van der Waals surface area contributed by atoms with Crippen molar-refractivity contribution >= 4 is 12.2 Å². The predicted molar refractivity (Wildman–Crippen MR) is 94.0 cm³/mol. The van der Waals surface area contributed by atoms with Gasteiger partial charge in [-0.3, -0.25) is 0 Å². The van der Waals surface area contributed by atoms with Crippen molar-refractivity contribution in [3.8, 4) is 0 Å². The molecule has 0 radical (unpaired) electrons. The van der Waals surface area contributed by atoms with Crippen LogP contribution >= 0.6 is 0 Å². The fourth-order valence-electron chi connectivity index (χ4n) is 2.59. The highest BCUT2D eigenvalue weighted by Gasteiger charge is 2.34. The second-order valence-electron chi connectivity index (χ2n) is 7.05. The van der Waals surface area contributed by atoms with Crippen LogP contribution in [0, 0.1) is 0 Å². The van der Waals surface area contributed by atoms with Gasteiger partial charge in [0.2, 0.25) is 0 Å². The van der Waals surface area contributed by atoms with Gasteiger partial charge in [-0.2, -0.15) is 0 Å². The minimum Gasteiger partial charge on any atom is -0.445 e. The molecule has 1 aromatic rings. The number of hydrogen-bond acceptors (Lipinski definition) is 5. The molecule has 0 saturated carbocycles. The molecule has 138 valence electrons. The minimum absolute atomic E-state index is 0.212. The average Bonchev–Trinajstić information content (AvgIpc) is 2.58. The first kappa shape index (κ1) is 19.1. The molecule has 1 fully saturated rings. The molecule has 1 heterocycles. The summed E-state index contributed by atoms with van der Waals surface area (Å²) in [5, 5.41) is 0. The highest BCUT2D eigenvalue weighted by atomic mass is 16.6. The van der Waals surface area contributed by atoms with Gasteiger partial charge in [0.05, 0.1) is 6.04 Å². The molecule has 1 atom stereocenters. The van der Waals surface area contributed by atoms with E-state index in [4.69, 9.17) is 15.2 Å². The normalized spacial score (nSPS) is 18.0. The van der Waals surface area contributed by atoms with E-state index in [1.807, 2.05) is 51.1 Å². The van der Waals surface area contributed by atoms with E-state index >= 15 is 0 Å². The largest absolute Gasteiger partial charge is 0.445 e. The fourth-order valence-corrected chi connectivity index (χ4v) is 2.59. The lowest BCUT2D eigenvalue weighted by atomic mass is 10.2. The van der Waals surface area contributed by atoms with Crippen LogP contribution in [-0.2, 0) is 16.1 Å². The molecule has 0 aliphatic carbocycles. The van der Waals surface area contributed by atoms with Crippen molar-refractivity contribution in [2.75, 3.05) is 26.2 Å².